The SMILES string of the molecule is Cn1ccnc1C(NC(=O)c1cnc2c(c1)c(=O)n(C)c(=O)n2C)c1ccccc1F. The van der Waals surface area contributed by atoms with Gasteiger partial charge in [0, 0.05) is 45.3 Å². The highest BCUT2D eigenvalue weighted by Gasteiger charge is 2.24. The molecule has 0 radical (unpaired) electrons. The summed E-state index contributed by atoms with van der Waals surface area (Å²) in [6.07, 6.45) is 4.52. The second-order valence-electron chi connectivity index (χ2n) is 7.13. The van der Waals surface area contributed by atoms with Crippen molar-refractivity contribution in [3.8, 4) is 0 Å². The number of pyridine rings is 1. The largest absolute Gasteiger partial charge is 0.338 e. The Balaban J connectivity index is 1.79. The van der Waals surface area contributed by atoms with Crippen LogP contribution >= 0.6 is 0 Å². The molecule has 4 rings (SSSR count). The van der Waals surface area contributed by atoms with Crippen LogP contribution in [0.2, 0.25) is 0 Å². The Labute approximate surface area is 175 Å². The Morgan fingerprint density at radius 2 is 1.84 bits per heavy atom. The van der Waals surface area contributed by atoms with Crippen molar-refractivity contribution in [1.29, 1.82) is 0 Å². The summed E-state index contributed by atoms with van der Waals surface area (Å²) in [6, 6.07) is 6.60. The molecule has 1 amide bonds. The molecule has 4 aromatic rings. The molecule has 3 aromatic heterocycles. The summed E-state index contributed by atoms with van der Waals surface area (Å²) in [5.41, 5.74) is -0.568. The Morgan fingerprint density at radius 3 is 2.52 bits per heavy atom. The lowest BCUT2D eigenvalue weighted by molar-refractivity contribution is 0.0940. The van der Waals surface area contributed by atoms with Crippen molar-refractivity contribution in [2.75, 3.05) is 0 Å². The van der Waals surface area contributed by atoms with Crippen molar-refractivity contribution in [1.82, 2.24) is 29.0 Å². The van der Waals surface area contributed by atoms with Crippen LogP contribution in [0.5, 0.6) is 0 Å². The van der Waals surface area contributed by atoms with Crippen molar-refractivity contribution in [3.63, 3.8) is 0 Å². The molecule has 1 unspecified atom stereocenters. The van der Waals surface area contributed by atoms with Gasteiger partial charge in [-0.3, -0.25) is 18.7 Å². The van der Waals surface area contributed by atoms with Crippen LogP contribution in [0.4, 0.5) is 4.39 Å². The van der Waals surface area contributed by atoms with Crippen LogP contribution in [0.15, 0.2) is 58.5 Å². The quantitative estimate of drug-likeness (QED) is 0.529. The zero-order valence-electron chi connectivity index (χ0n) is 17.0. The van der Waals surface area contributed by atoms with E-state index >= 15 is 0 Å². The van der Waals surface area contributed by atoms with Gasteiger partial charge in [0.25, 0.3) is 11.5 Å². The third kappa shape index (κ3) is 3.41. The molecule has 3 heterocycles. The Morgan fingerprint density at radius 1 is 1.10 bits per heavy atom. The number of carbonyl (C=O) groups excluding carboxylic acids is 1. The fourth-order valence-electron chi connectivity index (χ4n) is 3.45. The number of carbonyl (C=O) groups is 1. The number of aryl methyl sites for hydroxylation is 2. The van der Waals surface area contributed by atoms with Gasteiger partial charge in [0.05, 0.1) is 10.9 Å². The van der Waals surface area contributed by atoms with E-state index in [4.69, 9.17) is 0 Å². The van der Waals surface area contributed by atoms with Gasteiger partial charge in [-0.1, -0.05) is 18.2 Å². The lowest BCUT2D eigenvalue weighted by Gasteiger charge is -2.20. The van der Waals surface area contributed by atoms with Crippen molar-refractivity contribution in [2.45, 2.75) is 6.04 Å². The molecule has 1 atom stereocenters. The number of fused-ring (bicyclic) bond motifs is 1. The summed E-state index contributed by atoms with van der Waals surface area (Å²) in [7, 11) is 4.59. The molecule has 158 valence electrons. The summed E-state index contributed by atoms with van der Waals surface area (Å²) in [4.78, 5) is 46.0. The summed E-state index contributed by atoms with van der Waals surface area (Å²) >= 11 is 0. The average molecular weight is 422 g/mol. The number of nitrogens with zero attached hydrogens (tertiary/aromatic N) is 5. The van der Waals surface area contributed by atoms with E-state index in [1.807, 2.05) is 0 Å². The first-order valence-corrected chi connectivity index (χ1v) is 9.38. The second kappa shape index (κ2) is 7.63. The average Bonchev–Trinajstić information content (AvgIpc) is 3.20. The minimum absolute atomic E-state index is 0.0961. The van der Waals surface area contributed by atoms with E-state index in [1.54, 1.807) is 42.2 Å². The van der Waals surface area contributed by atoms with Gasteiger partial charge in [0.15, 0.2) is 0 Å². The third-order valence-corrected chi connectivity index (χ3v) is 5.16. The molecule has 0 spiro atoms. The van der Waals surface area contributed by atoms with E-state index in [0.717, 1.165) is 4.57 Å². The number of imidazole rings is 1. The first-order chi connectivity index (χ1) is 14.8. The van der Waals surface area contributed by atoms with Crippen LogP contribution in [0.1, 0.15) is 27.8 Å². The molecule has 10 heteroatoms. The standard InChI is InChI=1S/C21H19FN6O3/c1-26-9-8-23-18(26)16(13-6-4-5-7-15(13)22)25-19(29)12-10-14-17(24-11-12)27(2)21(31)28(3)20(14)30/h4-11,16H,1-3H3,(H,25,29). The number of hydrogen-bond acceptors (Lipinski definition) is 5. The number of rotatable bonds is 4. The van der Waals surface area contributed by atoms with Gasteiger partial charge >= 0.3 is 5.69 Å². The zero-order chi connectivity index (χ0) is 22.3. The molecular formula is C21H19FN6O3. The Kier molecular flexibility index (Phi) is 4.97. The van der Waals surface area contributed by atoms with Crippen LogP contribution in [0.25, 0.3) is 11.0 Å². The fraction of sp³-hybridized carbons (Fsp3) is 0.190. The number of nitrogens with one attached hydrogen (secondary N) is 1. The minimum atomic E-state index is -0.868. The molecule has 1 aromatic carbocycles. The van der Waals surface area contributed by atoms with Crippen molar-refractivity contribution in [3.05, 3.63) is 92.5 Å². The lowest BCUT2D eigenvalue weighted by atomic mass is 10.0. The summed E-state index contributed by atoms with van der Waals surface area (Å²) in [5.74, 6) is -0.622. The van der Waals surface area contributed by atoms with Gasteiger partial charge < -0.3 is 9.88 Å². The topological polar surface area (TPSA) is 104 Å². The number of amides is 1. The van der Waals surface area contributed by atoms with Crippen LogP contribution in [-0.2, 0) is 21.1 Å². The number of hydrogen-bond donors (Lipinski definition) is 1. The molecule has 0 aliphatic carbocycles. The smallest absolute Gasteiger partial charge is 0.332 e. The molecule has 31 heavy (non-hydrogen) atoms. The summed E-state index contributed by atoms with van der Waals surface area (Å²) in [5, 5.41) is 2.90. The molecule has 9 nitrogen and oxygen atoms in total. The number of aromatic nitrogens is 5. The maximum atomic E-state index is 14.5. The fourth-order valence-corrected chi connectivity index (χ4v) is 3.45. The second-order valence-corrected chi connectivity index (χ2v) is 7.13. The minimum Gasteiger partial charge on any atom is -0.338 e. The number of halogens is 1. The van der Waals surface area contributed by atoms with Gasteiger partial charge in [-0.05, 0) is 12.1 Å². The molecule has 0 aliphatic rings. The highest BCUT2D eigenvalue weighted by molar-refractivity contribution is 5.97. The normalized spacial score (nSPS) is 12.1. The highest BCUT2D eigenvalue weighted by atomic mass is 19.1. The van der Waals surface area contributed by atoms with E-state index in [0.29, 0.717) is 5.82 Å². The van der Waals surface area contributed by atoms with Gasteiger partial charge in [-0.2, -0.15) is 0 Å². The lowest BCUT2D eigenvalue weighted by Crippen LogP contribution is -2.37. The van der Waals surface area contributed by atoms with Crippen LogP contribution < -0.4 is 16.6 Å². The molecule has 0 aliphatic heterocycles. The van der Waals surface area contributed by atoms with Crippen molar-refractivity contribution in [2.24, 2.45) is 21.1 Å². The van der Waals surface area contributed by atoms with Crippen molar-refractivity contribution >= 4 is 16.9 Å². The number of benzene rings is 1. The maximum Gasteiger partial charge on any atom is 0.332 e. The van der Waals surface area contributed by atoms with Gasteiger partial charge in [-0.25, -0.2) is 19.2 Å². The van der Waals surface area contributed by atoms with E-state index in [9.17, 15) is 18.8 Å². The van der Waals surface area contributed by atoms with E-state index in [2.05, 4.69) is 15.3 Å². The highest BCUT2D eigenvalue weighted by Crippen LogP contribution is 2.23. The van der Waals surface area contributed by atoms with E-state index in [-0.39, 0.29) is 22.2 Å². The zero-order valence-corrected chi connectivity index (χ0v) is 17.0. The summed E-state index contributed by atoms with van der Waals surface area (Å²) in [6.45, 7) is 0. The van der Waals surface area contributed by atoms with Gasteiger partial charge in [0.1, 0.15) is 23.3 Å². The molecule has 1 N–H and O–H groups in total. The monoisotopic (exact) mass is 422 g/mol. The van der Waals surface area contributed by atoms with Crippen LogP contribution in [0, 0.1) is 5.82 Å². The van der Waals surface area contributed by atoms with Crippen LogP contribution in [0.3, 0.4) is 0 Å². The summed E-state index contributed by atoms with van der Waals surface area (Å²) < 4.78 is 18.4. The van der Waals surface area contributed by atoms with E-state index in [1.165, 1.54) is 37.0 Å². The van der Waals surface area contributed by atoms with Gasteiger partial charge in [-0.15, -0.1) is 0 Å². The van der Waals surface area contributed by atoms with Crippen molar-refractivity contribution < 1.29 is 9.18 Å². The predicted molar refractivity (Wildman–Crippen MR) is 111 cm³/mol. The molecule has 0 fully saturated rings. The maximum absolute atomic E-state index is 14.5. The molecule has 0 saturated carbocycles. The third-order valence-electron chi connectivity index (χ3n) is 5.16. The molecular weight excluding hydrogens is 403 g/mol. The first kappa shape index (κ1) is 20.2. The molecule has 0 bridgehead atoms. The van der Waals surface area contributed by atoms with Crippen LogP contribution in [-0.4, -0.2) is 29.6 Å². The predicted octanol–water partition coefficient (Wildman–Crippen LogP) is 1.02. The Hall–Kier alpha value is -4.08. The first-order valence-electron chi connectivity index (χ1n) is 9.38. The van der Waals surface area contributed by atoms with E-state index < -0.39 is 29.0 Å². The van der Waals surface area contributed by atoms with Gasteiger partial charge in [0.2, 0.25) is 0 Å². The molecule has 0 saturated heterocycles. The Bertz CT molecular complexity index is 1440.